The first-order valence-electron chi connectivity index (χ1n) is 7.40. The number of ether oxygens (including phenoxy) is 2. The number of hydrogen-bond acceptors (Lipinski definition) is 4. The number of imide groups is 1. The summed E-state index contributed by atoms with van der Waals surface area (Å²) >= 11 is 0. The van der Waals surface area contributed by atoms with Crippen molar-refractivity contribution in [3.63, 3.8) is 0 Å². The lowest BCUT2D eigenvalue weighted by Gasteiger charge is -2.25. The molecule has 0 N–H and O–H groups in total. The van der Waals surface area contributed by atoms with E-state index < -0.39 is 18.2 Å². The molecule has 0 heterocycles. The molecule has 0 radical (unpaired) electrons. The fourth-order valence-electron chi connectivity index (χ4n) is 2.79. The van der Waals surface area contributed by atoms with Crippen molar-refractivity contribution < 1.29 is 19.1 Å². The van der Waals surface area contributed by atoms with Crippen LogP contribution in [0.1, 0.15) is 24.1 Å². The Labute approximate surface area is 134 Å². The maximum atomic E-state index is 12.2. The van der Waals surface area contributed by atoms with Gasteiger partial charge in [-0.05, 0) is 41.0 Å². The van der Waals surface area contributed by atoms with E-state index in [9.17, 15) is 9.59 Å². The number of amides is 2. The minimum atomic E-state index is -0.737. The van der Waals surface area contributed by atoms with Gasteiger partial charge in [0.05, 0.1) is 19.8 Å². The van der Waals surface area contributed by atoms with Crippen LogP contribution in [0.2, 0.25) is 0 Å². The molecule has 0 fully saturated rings. The summed E-state index contributed by atoms with van der Waals surface area (Å²) < 4.78 is 9.74. The lowest BCUT2D eigenvalue weighted by Crippen LogP contribution is -2.39. The van der Waals surface area contributed by atoms with Crippen LogP contribution in [0.25, 0.3) is 16.8 Å². The number of hydrogen-bond donors (Lipinski definition) is 0. The number of carbonyl (C=O) groups excluding carboxylic acids is 2. The molecule has 23 heavy (non-hydrogen) atoms. The van der Waals surface area contributed by atoms with Crippen LogP contribution in [0, 0.1) is 0 Å². The van der Waals surface area contributed by atoms with Crippen molar-refractivity contribution in [3.05, 3.63) is 53.6 Å². The molecule has 5 heteroatoms. The molecule has 0 bridgehead atoms. The molecule has 0 saturated heterocycles. The Balaban J connectivity index is 2.05. The Morgan fingerprint density at radius 3 is 2.48 bits per heavy atom. The van der Waals surface area contributed by atoms with Crippen LogP contribution in [0.5, 0.6) is 0 Å². The first-order chi connectivity index (χ1) is 11.2. The van der Waals surface area contributed by atoms with Crippen molar-refractivity contribution in [1.29, 1.82) is 0 Å². The number of benzene rings is 2. The van der Waals surface area contributed by atoms with Crippen LogP contribution in [-0.2, 0) is 9.47 Å². The lowest BCUT2D eigenvalue weighted by atomic mass is 10.0. The highest BCUT2D eigenvalue weighted by atomic mass is 16.6. The Bertz CT molecular complexity index is 797. The first kappa shape index (κ1) is 15.1. The summed E-state index contributed by atoms with van der Waals surface area (Å²) in [5.74, 6) is 0. The summed E-state index contributed by atoms with van der Waals surface area (Å²) in [6.45, 7) is 1.88. The van der Waals surface area contributed by atoms with Crippen LogP contribution < -0.4 is 0 Å². The summed E-state index contributed by atoms with van der Waals surface area (Å²) in [4.78, 5) is 25.2. The second-order valence-corrected chi connectivity index (χ2v) is 5.17. The zero-order valence-electron chi connectivity index (χ0n) is 13.0. The van der Waals surface area contributed by atoms with Gasteiger partial charge in [0.2, 0.25) is 0 Å². The maximum absolute atomic E-state index is 12.2. The fourth-order valence-corrected chi connectivity index (χ4v) is 2.79. The highest BCUT2D eigenvalue weighted by Gasteiger charge is 2.34. The van der Waals surface area contributed by atoms with Gasteiger partial charge in [-0.2, -0.15) is 0 Å². The molecule has 0 aromatic heterocycles. The normalized spacial score (nSPS) is 15.3. The summed E-state index contributed by atoms with van der Waals surface area (Å²) in [5.41, 5.74) is 1.86. The first-order valence-corrected chi connectivity index (χ1v) is 7.40. The average molecular weight is 311 g/mol. The van der Waals surface area contributed by atoms with E-state index in [2.05, 4.69) is 0 Å². The van der Waals surface area contributed by atoms with Gasteiger partial charge in [-0.25, -0.2) is 14.5 Å². The summed E-state index contributed by atoms with van der Waals surface area (Å²) in [6, 6.07) is 11.5. The zero-order chi connectivity index (χ0) is 16.4. The Morgan fingerprint density at radius 2 is 1.83 bits per heavy atom. The molecule has 2 aromatic carbocycles. The van der Waals surface area contributed by atoms with E-state index in [4.69, 9.17) is 9.47 Å². The second-order valence-electron chi connectivity index (χ2n) is 5.17. The standard InChI is InChI=1S/C18H17NO4/c1-3-23-18(21)19(17(20)22-2)16-9-8-14-10-12-6-4-5-7-13(12)11-15(14)16/h4-11,16H,3H2,1-2H3. The van der Waals surface area contributed by atoms with Gasteiger partial charge < -0.3 is 9.47 Å². The molecular formula is C18H17NO4. The molecule has 2 aromatic rings. The van der Waals surface area contributed by atoms with Crippen LogP contribution >= 0.6 is 0 Å². The van der Waals surface area contributed by atoms with Crippen molar-refractivity contribution in [1.82, 2.24) is 4.90 Å². The summed E-state index contributed by atoms with van der Waals surface area (Å²) in [5, 5.41) is 2.16. The SMILES string of the molecule is CCOC(=O)N(C(=O)OC)C1C=Cc2cc3ccccc3cc21. The molecular weight excluding hydrogens is 294 g/mol. The highest BCUT2D eigenvalue weighted by Crippen LogP contribution is 2.36. The molecule has 5 nitrogen and oxygen atoms in total. The van der Waals surface area contributed by atoms with Crippen molar-refractivity contribution in [3.8, 4) is 0 Å². The predicted octanol–water partition coefficient (Wildman–Crippen LogP) is 4.13. The van der Waals surface area contributed by atoms with Gasteiger partial charge in [0.1, 0.15) is 0 Å². The zero-order valence-corrected chi connectivity index (χ0v) is 13.0. The van der Waals surface area contributed by atoms with Gasteiger partial charge >= 0.3 is 12.2 Å². The van der Waals surface area contributed by atoms with Crippen LogP contribution in [-0.4, -0.2) is 30.8 Å². The monoisotopic (exact) mass is 311 g/mol. The van der Waals surface area contributed by atoms with E-state index in [0.29, 0.717) is 0 Å². The highest BCUT2D eigenvalue weighted by molar-refractivity contribution is 5.92. The largest absolute Gasteiger partial charge is 0.452 e. The molecule has 0 spiro atoms. The molecule has 1 aliphatic rings. The Morgan fingerprint density at radius 1 is 1.13 bits per heavy atom. The van der Waals surface area contributed by atoms with E-state index >= 15 is 0 Å². The average Bonchev–Trinajstić information content (AvgIpc) is 2.95. The summed E-state index contributed by atoms with van der Waals surface area (Å²) in [6.07, 6.45) is 2.26. The molecule has 2 amide bonds. The van der Waals surface area contributed by atoms with Crippen molar-refractivity contribution >= 4 is 29.0 Å². The quantitative estimate of drug-likeness (QED) is 0.836. The topological polar surface area (TPSA) is 55.8 Å². The van der Waals surface area contributed by atoms with Gasteiger partial charge in [0, 0.05) is 0 Å². The van der Waals surface area contributed by atoms with E-state index in [1.54, 1.807) is 13.0 Å². The van der Waals surface area contributed by atoms with Gasteiger partial charge in [-0.3, -0.25) is 0 Å². The fraction of sp³-hybridized carbons (Fsp3) is 0.222. The van der Waals surface area contributed by atoms with Crippen molar-refractivity contribution in [2.45, 2.75) is 13.0 Å². The van der Waals surface area contributed by atoms with Crippen LogP contribution in [0.15, 0.2) is 42.5 Å². The van der Waals surface area contributed by atoms with Crippen molar-refractivity contribution in [2.24, 2.45) is 0 Å². The molecule has 118 valence electrons. The minimum absolute atomic E-state index is 0.188. The predicted molar refractivity (Wildman–Crippen MR) is 87.0 cm³/mol. The molecule has 1 atom stereocenters. The number of carbonyl (C=O) groups is 2. The van der Waals surface area contributed by atoms with E-state index in [1.165, 1.54) is 7.11 Å². The van der Waals surface area contributed by atoms with Gasteiger partial charge in [-0.1, -0.05) is 36.4 Å². The van der Waals surface area contributed by atoms with Gasteiger partial charge in [-0.15, -0.1) is 0 Å². The van der Waals surface area contributed by atoms with E-state index in [-0.39, 0.29) is 6.61 Å². The van der Waals surface area contributed by atoms with Crippen LogP contribution in [0.3, 0.4) is 0 Å². The number of fused-ring (bicyclic) bond motifs is 2. The van der Waals surface area contributed by atoms with Crippen molar-refractivity contribution in [2.75, 3.05) is 13.7 Å². The third kappa shape index (κ3) is 2.65. The number of rotatable bonds is 2. The number of methoxy groups -OCH3 is 1. The van der Waals surface area contributed by atoms with E-state index in [1.807, 2.05) is 42.5 Å². The van der Waals surface area contributed by atoms with E-state index in [0.717, 1.165) is 26.8 Å². The Kier molecular flexibility index (Phi) is 4.02. The molecule has 3 rings (SSSR count). The summed E-state index contributed by atoms with van der Waals surface area (Å²) in [7, 11) is 1.24. The molecule has 1 aliphatic carbocycles. The maximum Gasteiger partial charge on any atom is 0.420 e. The van der Waals surface area contributed by atoms with Crippen LogP contribution in [0.4, 0.5) is 9.59 Å². The van der Waals surface area contributed by atoms with Gasteiger partial charge in [0.25, 0.3) is 0 Å². The third-order valence-corrected chi connectivity index (χ3v) is 3.84. The molecule has 0 saturated carbocycles. The third-order valence-electron chi connectivity index (χ3n) is 3.84. The molecule has 1 unspecified atom stereocenters. The van der Waals surface area contributed by atoms with Gasteiger partial charge in [0.15, 0.2) is 0 Å². The smallest absolute Gasteiger partial charge is 0.420 e. The Hall–Kier alpha value is -2.82. The minimum Gasteiger partial charge on any atom is -0.452 e. The number of nitrogens with zero attached hydrogens (tertiary/aromatic N) is 1. The molecule has 0 aliphatic heterocycles. The lowest BCUT2D eigenvalue weighted by molar-refractivity contribution is 0.0811. The second kappa shape index (κ2) is 6.12.